The van der Waals surface area contributed by atoms with Gasteiger partial charge in [0.1, 0.15) is 5.15 Å². The van der Waals surface area contributed by atoms with E-state index in [-0.39, 0.29) is 0 Å². The molecular formula is C18H21ClN2. The smallest absolute Gasteiger partial charge is 0.131 e. The van der Waals surface area contributed by atoms with Crippen LogP contribution in [0.25, 0.3) is 11.1 Å². The quantitative estimate of drug-likeness (QED) is 0.765. The molecule has 1 aromatic heterocycles. The summed E-state index contributed by atoms with van der Waals surface area (Å²) < 4.78 is 0. The zero-order valence-electron chi connectivity index (χ0n) is 12.2. The second-order valence-electron chi connectivity index (χ2n) is 5.80. The first kappa shape index (κ1) is 14.4. The first-order chi connectivity index (χ1) is 10.3. The predicted octanol–water partition coefficient (Wildman–Crippen LogP) is 5.39. The summed E-state index contributed by atoms with van der Waals surface area (Å²) in [4.78, 5) is 4.24. The number of nitrogens with one attached hydrogen (secondary N) is 1. The monoisotopic (exact) mass is 300 g/mol. The van der Waals surface area contributed by atoms with Crippen molar-refractivity contribution in [3.05, 3.63) is 47.7 Å². The molecule has 0 radical (unpaired) electrons. The lowest BCUT2D eigenvalue weighted by Gasteiger charge is -2.23. The van der Waals surface area contributed by atoms with Crippen LogP contribution >= 0.6 is 11.6 Å². The van der Waals surface area contributed by atoms with E-state index >= 15 is 0 Å². The molecule has 110 valence electrons. The fourth-order valence-electron chi connectivity index (χ4n) is 3.07. The number of hydrogen-bond donors (Lipinski definition) is 1. The van der Waals surface area contributed by atoms with Gasteiger partial charge < -0.3 is 5.32 Å². The average Bonchev–Trinajstić information content (AvgIpc) is 2.55. The normalized spacial score (nSPS) is 15.9. The van der Waals surface area contributed by atoms with Crippen LogP contribution in [0.1, 0.15) is 32.1 Å². The molecule has 1 heterocycles. The zero-order chi connectivity index (χ0) is 14.5. The van der Waals surface area contributed by atoms with Crippen LogP contribution in [0.2, 0.25) is 5.15 Å². The Morgan fingerprint density at radius 1 is 1.10 bits per heavy atom. The predicted molar refractivity (Wildman–Crippen MR) is 89.7 cm³/mol. The maximum absolute atomic E-state index is 6.07. The lowest BCUT2D eigenvalue weighted by atomic mass is 9.89. The van der Waals surface area contributed by atoms with Gasteiger partial charge in [-0.15, -0.1) is 0 Å². The Balaban J connectivity index is 1.78. The summed E-state index contributed by atoms with van der Waals surface area (Å²) >= 11 is 6.07. The van der Waals surface area contributed by atoms with Crippen LogP contribution in [-0.2, 0) is 0 Å². The first-order valence-corrected chi connectivity index (χ1v) is 8.15. The molecule has 0 bridgehead atoms. The van der Waals surface area contributed by atoms with Crippen LogP contribution < -0.4 is 5.32 Å². The summed E-state index contributed by atoms with van der Waals surface area (Å²) in [6.07, 6.45) is 8.68. The van der Waals surface area contributed by atoms with Crippen molar-refractivity contribution in [3.8, 4) is 11.1 Å². The maximum Gasteiger partial charge on any atom is 0.131 e. The number of anilines is 1. The molecule has 21 heavy (non-hydrogen) atoms. The molecule has 0 amide bonds. The van der Waals surface area contributed by atoms with Gasteiger partial charge in [0.05, 0.1) is 0 Å². The van der Waals surface area contributed by atoms with Gasteiger partial charge >= 0.3 is 0 Å². The summed E-state index contributed by atoms with van der Waals surface area (Å²) in [7, 11) is 0. The third kappa shape index (κ3) is 3.76. The average molecular weight is 301 g/mol. The first-order valence-electron chi connectivity index (χ1n) is 7.78. The SMILES string of the molecule is Clc1cc(NCC2CCCCC2)c(-c2ccccc2)cn1. The molecule has 1 fully saturated rings. The Labute approximate surface area is 131 Å². The van der Waals surface area contributed by atoms with E-state index < -0.39 is 0 Å². The van der Waals surface area contributed by atoms with Gasteiger partial charge in [-0.2, -0.15) is 0 Å². The van der Waals surface area contributed by atoms with E-state index in [0.29, 0.717) is 5.15 Å². The van der Waals surface area contributed by atoms with Gasteiger partial charge in [0.15, 0.2) is 0 Å². The molecule has 1 aliphatic rings. The van der Waals surface area contributed by atoms with E-state index in [9.17, 15) is 0 Å². The maximum atomic E-state index is 6.07. The molecule has 3 heteroatoms. The molecule has 1 aliphatic carbocycles. The number of benzene rings is 1. The van der Waals surface area contributed by atoms with Crippen molar-refractivity contribution >= 4 is 17.3 Å². The van der Waals surface area contributed by atoms with E-state index in [1.807, 2.05) is 18.3 Å². The Bertz CT molecular complexity index is 577. The molecule has 0 spiro atoms. The Morgan fingerprint density at radius 3 is 2.62 bits per heavy atom. The number of hydrogen-bond acceptors (Lipinski definition) is 2. The van der Waals surface area contributed by atoms with E-state index in [4.69, 9.17) is 11.6 Å². The molecule has 3 rings (SSSR count). The highest BCUT2D eigenvalue weighted by Crippen LogP contribution is 2.30. The van der Waals surface area contributed by atoms with Crippen molar-refractivity contribution in [1.29, 1.82) is 0 Å². The van der Waals surface area contributed by atoms with Crippen molar-refractivity contribution in [2.75, 3.05) is 11.9 Å². The molecule has 1 aromatic carbocycles. The Morgan fingerprint density at radius 2 is 1.86 bits per heavy atom. The lowest BCUT2D eigenvalue weighted by molar-refractivity contribution is 0.373. The standard InChI is InChI=1S/C18H21ClN2/c19-18-11-17(20-12-14-7-3-1-4-8-14)16(13-21-18)15-9-5-2-6-10-15/h2,5-6,9-11,13-14H,1,3-4,7-8,12H2,(H,20,21). The minimum atomic E-state index is 0.542. The number of halogens is 1. The lowest BCUT2D eigenvalue weighted by Crippen LogP contribution is -2.17. The molecular weight excluding hydrogens is 280 g/mol. The Kier molecular flexibility index (Phi) is 4.76. The van der Waals surface area contributed by atoms with Gasteiger partial charge in [-0.1, -0.05) is 61.2 Å². The molecule has 2 nitrogen and oxygen atoms in total. The number of rotatable bonds is 4. The minimum Gasteiger partial charge on any atom is -0.384 e. The van der Waals surface area contributed by atoms with Crippen molar-refractivity contribution < 1.29 is 0 Å². The minimum absolute atomic E-state index is 0.542. The van der Waals surface area contributed by atoms with Crippen LogP contribution in [0.15, 0.2) is 42.6 Å². The summed E-state index contributed by atoms with van der Waals surface area (Å²) in [6, 6.07) is 12.3. The van der Waals surface area contributed by atoms with Crippen LogP contribution in [0.4, 0.5) is 5.69 Å². The third-order valence-corrected chi connectivity index (χ3v) is 4.47. The van der Waals surface area contributed by atoms with Crippen LogP contribution in [0.3, 0.4) is 0 Å². The van der Waals surface area contributed by atoms with Crippen LogP contribution in [-0.4, -0.2) is 11.5 Å². The van der Waals surface area contributed by atoms with Gasteiger partial charge in [0, 0.05) is 24.0 Å². The van der Waals surface area contributed by atoms with Gasteiger partial charge in [-0.3, -0.25) is 0 Å². The van der Waals surface area contributed by atoms with Crippen molar-refractivity contribution in [3.63, 3.8) is 0 Å². The highest BCUT2D eigenvalue weighted by molar-refractivity contribution is 6.29. The van der Waals surface area contributed by atoms with Crippen molar-refractivity contribution in [1.82, 2.24) is 4.98 Å². The van der Waals surface area contributed by atoms with Gasteiger partial charge in [0.2, 0.25) is 0 Å². The molecule has 1 N–H and O–H groups in total. The van der Waals surface area contributed by atoms with E-state index in [1.54, 1.807) is 0 Å². The largest absolute Gasteiger partial charge is 0.384 e. The van der Waals surface area contributed by atoms with E-state index in [0.717, 1.165) is 23.7 Å². The fourth-order valence-corrected chi connectivity index (χ4v) is 3.23. The van der Waals surface area contributed by atoms with Crippen LogP contribution in [0, 0.1) is 5.92 Å². The number of nitrogens with zero attached hydrogens (tertiary/aromatic N) is 1. The second kappa shape index (κ2) is 6.95. The molecule has 0 unspecified atom stereocenters. The van der Waals surface area contributed by atoms with Gasteiger partial charge in [-0.25, -0.2) is 4.98 Å². The third-order valence-electron chi connectivity index (χ3n) is 4.26. The highest BCUT2D eigenvalue weighted by atomic mass is 35.5. The number of pyridine rings is 1. The van der Waals surface area contributed by atoms with E-state index in [1.165, 1.54) is 37.7 Å². The summed E-state index contributed by atoms with van der Waals surface area (Å²) in [6.45, 7) is 1.03. The summed E-state index contributed by atoms with van der Waals surface area (Å²) in [5.41, 5.74) is 3.38. The molecule has 1 saturated carbocycles. The molecule has 0 aliphatic heterocycles. The highest BCUT2D eigenvalue weighted by Gasteiger charge is 2.14. The molecule has 0 saturated heterocycles. The van der Waals surface area contributed by atoms with Gasteiger partial charge in [-0.05, 0) is 30.4 Å². The van der Waals surface area contributed by atoms with E-state index in [2.05, 4.69) is 34.6 Å². The fraction of sp³-hybridized carbons (Fsp3) is 0.389. The topological polar surface area (TPSA) is 24.9 Å². The van der Waals surface area contributed by atoms with Crippen molar-refractivity contribution in [2.24, 2.45) is 5.92 Å². The number of aromatic nitrogens is 1. The summed E-state index contributed by atoms with van der Waals surface area (Å²) in [5.74, 6) is 0.786. The zero-order valence-corrected chi connectivity index (χ0v) is 12.9. The molecule has 2 aromatic rings. The Hall–Kier alpha value is -1.54. The summed E-state index contributed by atoms with van der Waals surface area (Å²) in [5, 5.41) is 4.14. The van der Waals surface area contributed by atoms with Crippen molar-refractivity contribution in [2.45, 2.75) is 32.1 Å². The van der Waals surface area contributed by atoms with Gasteiger partial charge in [0.25, 0.3) is 0 Å². The molecule has 0 atom stereocenters. The van der Waals surface area contributed by atoms with Crippen LogP contribution in [0.5, 0.6) is 0 Å². The second-order valence-corrected chi connectivity index (χ2v) is 6.19.